The van der Waals surface area contributed by atoms with Crippen molar-refractivity contribution in [2.24, 2.45) is 0 Å². The number of ether oxygens (including phenoxy) is 1. The smallest absolute Gasteiger partial charge is 0.126 e. The lowest BCUT2D eigenvalue weighted by molar-refractivity contribution is -0.0360. The van der Waals surface area contributed by atoms with E-state index in [1.54, 1.807) is 12.1 Å². The highest BCUT2D eigenvalue weighted by molar-refractivity contribution is 9.10. The maximum Gasteiger partial charge on any atom is 0.126 e. The van der Waals surface area contributed by atoms with E-state index in [1.807, 2.05) is 30.3 Å². The van der Waals surface area contributed by atoms with Gasteiger partial charge < -0.3 is 9.84 Å². The van der Waals surface area contributed by atoms with E-state index in [-0.39, 0.29) is 18.8 Å². The van der Waals surface area contributed by atoms with Crippen LogP contribution >= 0.6 is 15.9 Å². The molecule has 4 heteroatoms. The second-order valence-corrected chi connectivity index (χ2v) is 5.66. The van der Waals surface area contributed by atoms with Crippen molar-refractivity contribution in [2.45, 2.75) is 12.0 Å². The Morgan fingerprint density at radius 1 is 1.20 bits per heavy atom. The average Bonchev–Trinajstić information content (AvgIpc) is 2.44. The molecule has 0 saturated carbocycles. The molecule has 2 aromatic carbocycles. The van der Waals surface area contributed by atoms with E-state index < -0.39 is 5.60 Å². The molecule has 0 heterocycles. The lowest BCUT2D eigenvalue weighted by atomic mass is 9.88. The van der Waals surface area contributed by atoms with Crippen LogP contribution in [0.4, 0.5) is 4.39 Å². The summed E-state index contributed by atoms with van der Waals surface area (Å²) in [6.07, 6.45) is 0.149. The third-order valence-electron chi connectivity index (χ3n) is 3.18. The molecular formula is C16H16BrFO2. The Labute approximate surface area is 126 Å². The summed E-state index contributed by atoms with van der Waals surface area (Å²) in [5.74, 6) is -0.335. The van der Waals surface area contributed by atoms with E-state index in [0.717, 1.165) is 4.47 Å². The van der Waals surface area contributed by atoms with Gasteiger partial charge in [0.25, 0.3) is 0 Å². The highest BCUT2D eigenvalue weighted by atomic mass is 79.9. The quantitative estimate of drug-likeness (QED) is 0.901. The van der Waals surface area contributed by atoms with Crippen LogP contribution in [0.2, 0.25) is 0 Å². The largest absolute Gasteiger partial charge is 0.382 e. The predicted molar refractivity (Wildman–Crippen MR) is 80.0 cm³/mol. The molecule has 0 amide bonds. The first-order valence-electron chi connectivity index (χ1n) is 6.26. The third-order valence-corrected chi connectivity index (χ3v) is 3.68. The highest BCUT2D eigenvalue weighted by Crippen LogP contribution is 2.28. The molecule has 0 spiro atoms. The molecule has 1 N–H and O–H groups in total. The number of halogens is 2. The topological polar surface area (TPSA) is 29.5 Å². The molecule has 0 radical (unpaired) electrons. The molecule has 1 unspecified atom stereocenters. The van der Waals surface area contributed by atoms with Crippen LogP contribution in [0.3, 0.4) is 0 Å². The number of hydrogen-bond acceptors (Lipinski definition) is 2. The lowest BCUT2D eigenvalue weighted by Crippen LogP contribution is -2.34. The normalized spacial score (nSPS) is 14.0. The molecule has 2 rings (SSSR count). The zero-order chi connectivity index (χ0) is 14.6. The number of benzene rings is 2. The Morgan fingerprint density at radius 3 is 2.55 bits per heavy atom. The Hall–Kier alpha value is -1.23. The van der Waals surface area contributed by atoms with Crippen molar-refractivity contribution in [2.75, 3.05) is 13.7 Å². The average molecular weight is 339 g/mol. The molecular weight excluding hydrogens is 323 g/mol. The fourth-order valence-corrected chi connectivity index (χ4v) is 2.63. The van der Waals surface area contributed by atoms with Gasteiger partial charge in [-0.3, -0.25) is 0 Å². The third kappa shape index (κ3) is 3.45. The maximum atomic E-state index is 13.9. The first-order chi connectivity index (χ1) is 9.55. The van der Waals surface area contributed by atoms with Gasteiger partial charge >= 0.3 is 0 Å². The van der Waals surface area contributed by atoms with Crippen LogP contribution in [0.15, 0.2) is 53.0 Å². The standard InChI is InChI=1S/C16H16BrFO2/c1-20-11-16(19,13-5-3-2-4-6-13)10-12-9-14(17)7-8-15(12)18/h2-9,19H,10-11H2,1H3. The Balaban J connectivity index is 2.36. The minimum Gasteiger partial charge on any atom is -0.382 e. The number of hydrogen-bond donors (Lipinski definition) is 1. The minimum atomic E-state index is -1.25. The maximum absolute atomic E-state index is 13.9. The number of methoxy groups -OCH3 is 1. The van der Waals surface area contributed by atoms with Gasteiger partial charge in [0.05, 0.1) is 6.61 Å². The Morgan fingerprint density at radius 2 is 1.90 bits per heavy atom. The first kappa shape index (κ1) is 15.2. The molecule has 0 bridgehead atoms. The molecule has 0 aromatic heterocycles. The summed E-state index contributed by atoms with van der Waals surface area (Å²) >= 11 is 3.32. The van der Waals surface area contributed by atoms with Crippen LogP contribution in [0.1, 0.15) is 11.1 Å². The molecule has 1 atom stereocenters. The van der Waals surface area contributed by atoms with Crippen LogP contribution in [-0.2, 0) is 16.8 Å². The van der Waals surface area contributed by atoms with Gasteiger partial charge in [-0.05, 0) is 29.3 Å². The molecule has 0 aliphatic carbocycles. The summed E-state index contributed by atoms with van der Waals surface area (Å²) in [7, 11) is 1.52. The van der Waals surface area contributed by atoms with E-state index in [0.29, 0.717) is 11.1 Å². The van der Waals surface area contributed by atoms with Gasteiger partial charge in [-0.25, -0.2) is 4.39 Å². The Bertz CT molecular complexity index is 574. The van der Waals surface area contributed by atoms with E-state index in [9.17, 15) is 9.50 Å². The van der Waals surface area contributed by atoms with E-state index >= 15 is 0 Å². The van der Waals surface area contributed by atoms with Crippen molar-refractivity contribution in [1.82, 2.24) is 0 Å². The zero-order valence-electron chi connectivity index (χ0n) is 11.1. The van der Waals surface area contributed by atoms with Gasteiger partial charge in [-0.1, -0.05) is 46.3 Å². The van der Waals surface area contributed by atoms with Crippen molar-refractivity contribution in [3.05, 3.63) is 69.9 Å². The summed E-state index contributed by atoms with van der Waals surface area (Å²) in [5, 5.41) is 10.8. The SMILES string of the molecule is COCC(O)(Cc1cc(Br)ccc1F)c1ccccc1. The van der Waals surface area contributed by atoms with Gasteiger partial charge in [-0.2, -0.15) is 0 Å². The fourth-order valence-electron chi connectivity index (χ4n) is 2.22. The van der Waals surface area contributed by atoms with Crippen LogP contribution in [-0.4, -0.2) is 18.8 Å². The van der Waals surface area contributed by atoms with Gasteiger partial charge in [0.1, 0.15) is 11.4 Å². The summed E-state index contributed by atoms with van der Waals surface area (Å²) in [5.41, 5.74) is -0.0959. The molecule has 0 aliphatic heterocycles. The van der Waals surface area contributed by atoms with Crippen molar-refractivity contribution in [3.63, 3.8) is 0 Å². The second kappa shape index (κ2) is 6.48. The van der Waals surface area contributed by atoms with E-state index in [2.05, 4.69) is 15.9 Å². The van der Waals surface area contributed by atoms with Crippen molar-refractivity contribution < 1.29 is 14.2 Å². The number of aliphatic hydroxyl groups is 1. The van der Waals surface area contributed by atoms with Gasteiger partial charge in [0.15, 0.2) is 0 Å². The van der Waals surface area contributed by atoms with Gasteiger partial charge in [0.2, 0.25) is 0 Å². The van der Waals surface area contributed by atoms with Gasteiger partial charge in [0, 0.05) is 18.0 Å². The summed E-state index contributed by atoms with van der Waals surface area (Å²) in [6, 6.07) is 13.9. The Kier molecular flexibility index (Phi) is 4.91. The number of rotatable bonds is 5. The highest BCUT2D eigenvalue weighted by Gasteiger charge is 2.30. The van der Waals surface area contributed by atoms with Crippen LogP contribution < -0.4 is 0 Å². The van der Waals surface area contributed by atoms with Gasteiger partial charge in [-0.15, -0.1) is 0 Å². The molecule has 2 aromatic rings. The first-order valence-corrected chi connectivity index (χ1v) is 7.05. The van der Waals surface area contributed by atoms with Crippen LogP contribution in [0.5, 0.6) is 0 Å². The minimum absolute atomic E-state index is 0.100. The van der Waals surface area contributed by atoms with Crippen LogP contribution in [0, 0.1) is 5.82 Å². The van der Waals surface area contributed by atoms with Crippen molar-refractivity contribution in [3.8, 4) is 0 Å². The molecule has 0 fully saturated rings. The molecule has 106 valence electrons. The summed E-state index contributed by atoms with van der Waals surface area (Å²) in [4.78, 5) is 0. The lowest BCUT2D eigenvalue weighted by Gasteiger charge is -2.28. The summed E-state index contributed by atoms with van der Waals surface area (Å²) < 4.78 is 19.8. The monoisotopic (exact) mass is 338 g/mol. The van der Waals surface area contributed by atoms with E-state index in [4.69, 9.17) is 4.74 Å². The second-order valence-electron chi connectivity index (χ2n) is 4.74. The van der Waals surface area contributed by atoms with Crippen molar-refractivity contribution >= 4 is 15.9 Å². The molecule has 0 aliphatic rings. The fraction of sp³-hybridized carbons (Fsp3) is 0.250. The van der Waals surface area contributed by atoms with Crippen molar-refractivity contribution in [1.29, 1.82) is 0 Å². The predicted octanol–water partition coefficient (Wildman–Crippen LogP) is 3.66. The zero-order valence-corrected chi connectivity index (χ0v) is 12.7. The summed E-state index contributed by atoms with van der Waals surface area (Å²) in [6.45, 7) is 0.100. The molecule has 20 heavy (non-hydrogen) atoms. The molecule has 0 saturated heterocycles. The van der Waals surface area contributed by atoms with Crippen LogP contribution in [0.25, 0.3) is 0 Å². The van der Waals surface area contributed by atoms with E-state index in [1.165, 1.54) is 13.2 Å². The molecule has 2 nitrogen and oxygen atoms in total.